The molecule has 3 heteroatoms. The summed E-state index contributed by atoms with van der Waals surface area (Å²) in [4.78, 5) is 2.29. The molecule has 78 valence electrons. The first-order valence-electron chi connectivity index (χ1n) is 5.30. The lowest BCUT2D eigenvalue weighted by Gasteiger charge is -2.32. The van der Waals surface area contributed by atoms with E-state index in [9.17, 15) is 0 Å². The zero-order chi connectivity index (χ0) is 10.7. The third kappa shape index (κ3) is 2.28. The standard InChI is InChI=1S/C12H15N3/c13-8-10-3-5-12(6-4-10)15-7-1-2-11(14)9-15/h3-6,11H,1-2,7,9,14H2. The number of nitrogens with zero attached hydrogens (tertiary/aromatic N) is 2. The highest BCUT2D eigenvalue weighted by molar-refractivity contribution is 5.50. The summed E-state index contributed by atoms with van der Waals surface area (Å²) in [5, 5.41) is 8.70. The van der Waals surface area contributed by atoms with Gasteiger partial charge in [-0.15, -0.1) is 0 Å². The number of hydrogen-bond donors (Lipinski definition) is 1. The molecular weight excluding hydrogens is 186 g/mol. The molecule has 2 N–H and O–H groups in total. The quantitative estimate of drug-likeness (QED) is 0.749. The fraction of sp³-hybridized carbons (Fsp3) is 0.417. The van der Waals surface area contributed by atoms with Crippen molar-refractivity contribution >= 4 is 5.69 Å². The van der Waals surface area contributed by atoms with Gasteiger partial charge in [0.05, 0.1) is 11.6 Å². The van der Waals surface area contributed by atoms with E-state index < -0.39 is 0 Å². The van der Waals surface area contributed by atoms with Crippen LogP contribution in [0.15, 0.2) is 24.3 Å². The Kier molecular flexibility index (Phi) is 2.89. The SMILES string of the molecule is N#Cc1ccc(N2CCCC(N)C2)cc1. The molecule has 3 nitrogen and oxygen atoms in total. The van der Waals surface area contributed by atoms with Gasteiger partial charge in [-0.1, -0.05) is 0 Å². The van der Waals surface area contributed by atoms with Crippen LogP contribution >= 0.6 is 0 Å². The minimum Gasteiger partial charge on any atom is -0.370 e. The van der Waals surface area contributed by atoms with E-state index in [0.29, 0.717) is 5.56 Å². The average Bonchev–Trinajstić information content (AvgIpc) is 2.29. The van der Waals surface area contributed by atoms with Gasteiger partial charge < -0.3 is 10.6 Å². The first kappa shape index (κ1) is 10.0. The average molecular weight is 201 g/mol. The maximum atomic E-state index is 8.70. The minimum absolute atomic E-state index is 0.286. The fourth-order valence-electron chi connectivity index (χ4n) is 1.99. The molecule has 0 aromatic heterocycles. The summed E-state index contributed by atoms with van der Waals surface area (Å²) in [5.41, 5.74) is 7.80. The zero-order valence-corrected chi connectivity index (χ0v) is 8.69. The molecule has 1 aliphatic rings. The summed E-state index contributed by atoms with van der Waals surface area (Å²) in [6.07, 6.45) is 2.27. The van der Waals surface area contributed by atoms with Crippen molar-refractivity contribution < 1.29 is 0 Å². The fourth-order valence-corrected chi connectivity index (χ4v) is 1.99. The Labute approximate surface area is 90.1 Å². The summed E-state index contributed by atoms with van der Waals surface area (Å²) in [7, 11) is 0. The minimum atomic E-state index is 0.286. The summed E-state index contributed by atoms with van der Waals surface area (Å²) in [6, 6.07) is 10.1. The van der Waals surface area contributed by atoms with Gasteiger partial charge in [0.25, 0.3) is 0 Å². The Bertz CT molecular complexity index is 363. The Hall–Kier alpha value is -1.53. The highest BCUT2D eigenvalue weighted by atomic mass is 15.1. The molecule has 0 saturated carbocycles. The van der Waals surface area contributed by atoms with Crippen molar-refractivity contribution in [3.8, 4) is 6.07 Å². The van der Waals surface area contributed by atoms with Gasteiger partial charge in [-0.05, 0) is 37.1 Å². The largest absolute Gasteiger partial charge is 0.370 e. The first-order chi connectivity index (χ1) is 7.29. The molecule has 1 aromatic carbocycles. The van der Waals surface area contributed by atoms with Crippen molar-refractivity contribution in [1.29, 1.82) is 5.26 Å². The van der Waals surface area contributed by atoms with Crippen molar-refractivity contribution in [1.82, 2.24) is 0 Å². The smallest absolute Gasteiger partial charge is 0.0991 e. The number of benzene rings is 1. The molecule has 1 atom stereocenters. The van der Waals surface area contributed by atoms with Gasteiger partial charge in [-0.3, -0.25) is 0 Å². The van der Waals surface area contributed by atoms with E-state index >= 15 is 0 Å². The van der Waals surface area contributed by atoms with Gasteiger partial charge in [0, 0.05) is 24.8 Å². The third-order valence-corrected chi connectivity index (χ3v) is 2.82. The molecule has 0 amide bonds. The van der Waals surface area contributed by atoms with Gasteiger partial charge >= 0.3 is 0 Å². The van der Waals surface area contributed by atoms with E-state index in [2.05, 4.69) is 11.0 Å². The number of anilines is 1. The molecule has 0 aliphatic carbocycles. The van der Waals surface area contributed by atoms with Crippen molar-refractivity contribution in [2.75, 3.05) is 18.0 Å². The summed E-state index contributed by atoms with van der Waals surface area (Å²) < 4.78 is 0. The van der Waals surface area contributed by atoms with E-state index in [1.807, 2.05) is 24.3 Å². The predicted molar refractivity (Wildman–Crippen MR) is 60.6 cm³/mol. The van der Waals surface area contributed by atoms with Crippen LogP contribution in [0, 0.1) is 11.3 Å². The highest BCUT2D eigenvalue weighted by Crippen LogP contribution is 2.19. The molecule has 1 saturated heterocycles. The number of piperidine rings is 1. The van der Waals surface area contributed by atoms with E-state index in [0.717, 1.165) is 25.9 Å². The van der Waals surface area contributed by atoms with Crippen LogP contribution in [0.4, 0.5) is 5.69 Å². The first-order valence-corrected chi connectivity index (χ1v) is 5.30. The zero-order valence-electron chi connectivity index (χ0n) is 8.69. The predicted octanol–water partition coefficient (Wildman–Crippen LogP) is 1.49. The van der Waals surface area contributed by atoms with Crippen molar-refractivity contribution in [3.63, 3.8) is 0 Å². The van der Waals surface area contributed by atoms with E-state index in [-0.39, 0.29) is 6.04 Å². The number of nitriles is 1. The van der Waals surface area contributed by atoms with E-state index in [1.54, 1.807) is 0 Å². The second-order valence-electron chi connectivity index (χ2n) is 4.01. The van der Waals surface area contributed by atoms with Gasteiger partial charge in [0.15, 0.2) is 0 Å². The monoisotopic (exact) mass is 201 g/mol. The molecule has 2 rings (SSSR count). The lowest BCUT2D eigenvalue weighted by molar-refractivity contribution is 0.506. The van der Waals surface area contributed by atoms with Gasteiger partial charge in [0.2, 0.25) is 0 Å². The van der Waals surface area contributed by atoms with Crippen LogP contribution in [0.2, 0.25) is 0 Å². The third-order valence-electron chi connectivity index (χ3n) is 2.82. The Balaban J connectivity index is 2.12. The van der Waals surface area contributed by atoms with Crippen LogP contribution in [0.1, 0.15) is 18.4 Å². The van der Waals surface area contributed by atoms with Gasteiger partial charge in [-0.2, -0.15) is 5.26 Å². The molecule has 15 heavy (non-hydrogen) atoms. The molecule has 0 spiro atoms. The van der Waals surface area contributed by atoms with E-state index in [1.165, 1.54) is 5.69 Å². The molecule has 0 bridgehead atoms. The lowest BCUT2D eigenvalue weighted by atomic mass is 10.1. The lowest BCUT2D eigenvalue weighted by Crippen LogP contribution is -2.42. The second kappa shape index (κ2) is 4.33. The molecule has 0 radical (unpaired) electrons. The van der Waals surface area contributed by atoms with Gasteiger partial charge in [-0.25, -0.2) is 0 Å². The van der Waals surface area contributed by atoms with Crippen molar-refractivity contribution in [2.24, 2.45) is 5.73 Å². The van der Waals surface area contributed by atoms with Crippen molar-refractivity contribution in [2.45, 2.75) is 18.9 Å². The molecule has 1 heterocycles. The Morgan fingerprint density at radius 3 is 2.67 bits per heavy atom. The Morgan fingerprint density at radius 2 is 2.07 bits per heavy atom. The molecule has 1 unspecified atom stereocenters. The number of hydrogen-bond acceptors (Lipinski definition) is 3. The maximum Gasteiger partial charge on any atom is 0.0991 e. The number of nitrogens with two attached hydrogens (primary N) is 1. The van der Waals surface area contributed by atoms with Crippen LogP contribution in [0.25, 0.3) is 0 Å². The van der Waals surface area contributed by atoms with Crippen LogP contribution in [0.5, 0.6) is 0 Å². The molecule has 1 aromatic rings. The van der Waals surface area contributed by atoms with Crippen molar-refractivity contribution in [3.05, 3.63) is 29.8 Å². The Morgan fingerprint density at radius 1 is 1.33 bits per heavy atom. The summed E-state index contributed by atoms with van der Waals surface area (Å²) >= 11 is 0. The van der Waals surface area contributed by atoms with Crippen LogP contribution in [0.3, 0.4) is 0 Å². The van der Waals surface area contributed by atoms with E-state index in [4.69, 9.17) is 11.0 Å². The van der Waals surface area contributed by atoms with Crippen LogP contribution < -0.4 is 10.6 Å². The van der Waals surface area contributed by atoms with Crippen LogP contribution in [-0.4, -0.2) is 19.1 Å². The molecule has 1 fully saturated rings. The second-order valence-corrected chi connectivity index (χ2v) is 4.01. The van der Waals surface area contributed by atoms with Crippen LogP contribution in [-0.2, 0) is 0 Å². The maximum absolute atomic E-state index is 8.70. The highest BCUT2D eigenvalue weighted by Gasteiger charge is 2.16. The number of rotatable bonds is 1. The van der Waals surface area contributed by atoms with Gasteiger partial charge in [0.1, 0.15) is 0 Å². The molecular formula is C12H15N3. The topological polar surface area (TPSA) is 53.0 Å². The normalized spacial score (nSPS) is 21.1. The summed E-state index contributed by atoms with van der Waals surface area (Å²) in [6.45, 7) is 1.99. The summed E-state index contributed by atoms with van der Waals surface area (Å²) in [5.74, 6) is 0. The molecule has 1 aliphatic heterocycles.